The van der Waals surface area contributed by atoms with Crippen LogP contribution < -0.4 is 0 Å². The molecule has 16 heavy (non-hydrogen) atoms. The summed E-state index contributed by atoms with van der Waals surface area (Å²) in [6.45, 7) is 5.49. The van der Waals surface area contributed by atoms with Gasteiger partial charge in [-0.05, 0) is 6.92 Å². The van der Waals surface area contributed by atoms with Crippen molar-refractivity contribution in [1.82, 2.24) is 9.80 Å². The summed E-state index contributed by atoms with van der Waals surface area (Å²) in [5, 5.41) is 9.00. The summed E-state index contributed by atoms with van der Waals surface area (Å²) >= 11 is 0. The van der Waals surface area contributed by atoms with Crippen molar-refractivity contribution >= 4 is 12.0 Å². The van der Waals surface area contributed by atoms with Crippen molar-refractivity contribution in [1.29, 1.82) is 0 Å². The van der Waals surface area contributed by atoms with Gasteiger partial charge in [0.2, 0.25) is 5.91 Å². The first-order valence-corrected chi connectivity index (χ1v) is 5.39. The predicted molar refractivity (Wildman–Crippen MR) is 57.3 cm³/mol. The molecule has 1 rings (SSSR count). The lowest BCUT2D eigenvalue weighted by Gasteiger charge is -2.36. The number of carbonyl (C=O) groups is 2. The summed E-state index contributed by atoms with van der Waals surface area (Å²) in [5.74, 6) is -0.0431. The Morgan fingerprint density at radius 3 is 2.75 bits per heavy atom. The van der Waals surface area contributed by atoms with Crippen LogP contribution >= 0.6 is 0 Å². The van der Waals surface area contributed by atoms with Crippen LogP contribution in [0.3, 0.4) is 0 Å². The van der Waals surface area contributed by atoms with E-state index in [2.05, 4.69) is 0 Å². The summed E-state index contributed by atoms with van der Waals surface area (Å²) in [6.07, 6.45) is -0.951. The topological polar surface area (TPSA) is 70.1 Å². The third-order valence-corrected chi connectivity index (χ3v) is 2.73. The zero-order chi connectivity index (χ0) is 12.1. The van der Waals surface area contributed by atoms with E-state index in [1.165, 1.54) is 11.8 Å². The van der Waals surface area contributed by atoms with Gasteiger partial charge in [0.1, 0.15) is 0 Å². The number of carboxylic acid groups (broad SMARTS) is 1. The fourth-order valence-electron chi connectivity index (χ4n) is 1.79. The van der Waals surface area contributed by atoms with Gasteiger partial charge in [-0.1, -0.05) is 0 Å². The van der Waals surface area contributed by atoms with E-state index in [-0.39, 0.29) is 11.9 Å². The lowest BCUT2D eigenvalue weighted by molar-refractivity contribution is -0.130. The van der Waals surface area contributed by atoms with E-state index < -0.39 is 6.09 Å². The first-order valence-electron chi connectivity index (χ1n) is 5.39. The molecule has 0 aromatic carbocycles. The fourth-order valence-corrected chi connectivity index (χ4v) is 1.79. The maximum Gasteiger partial charge on any atom is 0.407 e. The highest BCUT2D eigenvalue weighted by Gasteiger charge is 2.28. The molecule has 1 fully saturated rings. The van der Waals surface area contributed by atoms with E-state index in [0.717, 1.165) is 0 Å². The highest BCUT2D eigenvalue weighted by atomic mass is 16.5. The third kappa shape index (κ3) is 3.10. The Kier molecular flexibility index (Phi) is 4.54. The molecule has 1 aliphatic heterocycles. The standard InChI is InChI=1S/C10H18N2O4/c1-3-11(8(2)13)6-9-7-16-5-4-12(9)10(14)15/h9H,3-7H2,1-2H3,(H,14,15). The molecular formula is C10H18N2O4. The minimum Gasteiger partial charge on any atom is -0.465 e. The van der Waals surface area contributed by atoms with Gasteiger partial charge in [-0.2, -0.15) is 0 Å². The lowest BCUT2D eigenvalue weighted by atomic mass is 10.2. The highest BCUT2D eigenvalue weighted by molar-refractivity contribution is 5.73. The van der Waals surface area contributed by atoms with Gasteiger partial charge in [0.15, 0.2) is 0 Å². The first-order chi connectivity index (χ1) is 7.56. The van der Waals surface area contributed by atoms with Crippen molar-refractivity contribution < 1.29 is 19.4 Å². The van der Waals surface area contributed by atoms with Crippen molar-refractivity contribution in [2.24, 2.45) is 0 Å². The van der Waals surface area contributed by atoms with E-state index >= 15 is 0 Å². The predicted octanol–water partition coefficient (Wildman–Crippen LogP) is 0.234. The van der Waals surface area contributed by atoms with Crippen LogP contribution in [-0.4, -0.2) is 65.8 Å². The number of carbonyl (C=O) groups excluding carboxylic acids is 1. The molecule has 0 radical (unpaired) electrons. The van der Waals surface area contributed by atoms with Gasteiger partial charge in [0.25, 0.3) is 0 Å². The molecule has 2 amide bonds. The molecule has 1 aliphatic rings. The molecule has 1 saturated heterocycles. The number of likely N-dealkylation sites (N-methyl/N-ethyl adjacent to an activating group) is 1. The molecule has 6 heteroatoms. The zero-order valence-electron chi connectivity index (χ0n) is 9.68. The van der Waals surface area contributed by atoms with Gasteiger partial charge in [-0.25, -0.2) is 4.79 Å². The lowest BCUT2D eigenvalue weighted by Crippen LogP contribution is -2.53. The highest BCUT2D eigenvalue weighted by Crippen LogP contribution is 2.09. The molecule has 0 bridgehead atoms. The van der Waals surface area contributed by atoms with Crippen LogP contribution in [-0.2, 0) is 9.53 Å². The van der Waals surface area contributed by atoms with Gasteiger partial charge in [-0.15, -0.1) is 0 Å². The molecule has 0 saturated carbocycles. The number of ether oxygens (including phenoxy) is 1. The second kappa shape index (κ2) is 5.69. The van der Waals surface area contributed by atoms with Gasteiger partial charge >= 0.3 is 6.09 Å². The molecule has 0 aliphatic carbocycles. The van der Waals surface area contributed by atoms with E-state index in [9.17, 15) is 9.59 Å². The van der Waals surface area contributed by atoms with Crippen LogP contribution in [0.25, 0.3) is 0 Å². The van der Waals surface area contributed by atoms with E-state index in [0.29, 0.717) is 32.8 Å². The van der Waals surface area contributed by atoms with E-state index in [4.69, 9.17) is 9.84 Å². The SMILES string of the molecule is CCN(CC1COCCN1C(=O)O)C(C)=O. The smallest absolute Gasteiger partial charge is 0.407 e. The molecule has 1 atom stereocenters. The Balaban J connectivity index is 2.61. The number of morpholine rings is 1. The van der Waals surface area contributed by atoms with E-state index in [1.807, 2.05) is 6.92 Å². The number of hydrogen-bond acceptors (Lipinski definition) is 3. The number of amides is 2. The molecule has 0 spiro atoms. The van der Waals surface area contributed by atoms with Gasteiger partial charge in [0.05, 0.1) is 19.3 Å². The average Bonchev–Trinajstić information content (AvgIpc) is 2.25. The quantitative estimate of drug-likeness (QED) is 0.753. The van der Waals surface area contributed by atoms with Gasteiger partial charge < -0.3 is 14.7 Å². The molecule has 1 N–H and O–H groups in total. The van der Waals surface area contributed by atoms with Gasteiger partial charge in [-0.3, -0.25) is 9.69 Å². The van der Waals surface area contributed by atoms with Crippen molar-refractivity contribution in [2.75, 3.05) is 32.8 Å². The molecule has 6 nitrogen and oxygen atoms in total. The summed E-state index contributed by atoms with van der Waals surface area (Å²) in [4.78, 5) is 25.2. The first kappa shape index (κ1) is 12.8. The Morgan fingerprint density at radius 1 is 1.56 bits per heavy atom. The maximum atomic E-state index is 11.2. The largest absolute Gasteiger partial charge is 0.465 e. The average molecular weight is 230 g/mol. The molecular weight excluding hydrogens is 212 g/mol. The second-order valence-corrected chi connectivity index (χ2v) is 3.76. The van der Waals surface area contributed by atoms with Crippen LogP contribution in [0.2, 0.25) is 0 Å². The van der Waals surface area contributed by atoms with Crippen LogP contribution in [0.4, 0.5) is 4.79 Å². The Labute approximate surface area is 94.8 Å². The Bertz CT molecular complexity index is 270. The Morgan fingerprint density at radius 2 is 2.25 bits per heavy atom. The summed E-state index contributed by atoms with van der Waals surface area (Å²) < 4.78 is 5.24. The monoisotopic (exact) mass is 230 g/mol. The van der Waals surface area contributed by atoms with Crippen LogP contribution in [0.5, 0.6) is 0 Å². The van der Waals surface area contributed by atoms with Crippen molar-refractivity contribution in [2.45, 2.75) is 19.9 Å². The number of rotatable bonds is 3. The second-order valence-electron chi connectivity index (χ2n) is 3.76. The third-order valence-electron chi connectivity index (χ3n) is 2.73. The number of nitrogens with zero attached hydrogens (tertiary/aromatic N) is 2. The summed E-state index contributed by atoms with van der Waals surface area (Å²) in [6, 6.07) is -0.255. The number of hydrogen-bond donors (Lipinski definition) is 1. The molecule has 92 valence electrons. The minimum atomic E-state index is -0.951. The van der Waals surface area contributed by atoms with E-state index in [1.54, 1.807) is 4.90 Å². The molecule has 1 unspecified atom stereocenters. The zero-order valence-corrected chi connectivity index (χ0v) is 9.68. The summed E-state index contributed by atoms with van der Waals surface area (Å²) in [7, 11) is 0. The van der Waals surface area contributed by atoms with Crippen molar-refractivity contribution in [3.63, 3.8) is 0 Å². The maximum absolute atomic E-state index is 11.2. The minimum absolute atomic E-state index is 0.0431. The normalized spacial score (nSPS) is 20.6. The molecule has 1 heterocycles. The van der Waals surface area contributed by atoms with Crippen LogP contribution in [0.15, 0.2) is 0 Å². The summed E-state index contributed by atoms with van der Waals surface area (Å²) in [5.41, 5.74) is 0. The van der Waals surface area contributed by atoms with Crippen molar-refractivity contribution in [3.8, 4) is 0 Å². The van der Waals surface area contributed by atoms with Crippen LogP contribution in [0.1, 0.15) is 13.8 Å². The van der Waals surface area contributed by atoms with Crippen LogP contribution in [0, 0.1) is 0 Å². The van der Waals surface area contributed by atoms with Crippen molar-refractivity contribution in [3.05, 3.63) is 0 Å². The fraction of sp³-hybridized carbons (Fsp3) is 0.800. The molecule has 0 aromatic heterocycles. The Hall–Kier alpha value is -1.30. The molecule has 0 aromatic rings. The van der Waals surface area contributed by atoms with Gasteiger partial charge in [0, 0.05) is 26.6 Å².